The number of hydrazine groups is 1. The highest BCUT2D eigenvalue weighted by atomic mass is 16.6. The zero-order chi connectivity index (χ0) is 19.4. The van der Waals surface area contributed by atoms with Gasteiger partial charge in [-0.05, 0) is 31.3 Å². The van der Waals surface area contributed by atoms with Crippen molar-refractivity contribution in [2.75, 3.05) is 44.0 Å². The van der Waals surface area contributed by atoms with Crippen molar-refractivity contribution in [3.63, 3.8) is 0 Å². The monoisotopic (exact) mass is 373 g/mol. The first-order valence-electron chi connectivity index (χ1n) is 8.24. The molecule has 2 heterocycles. The summed E-state index contributed by atoms with van der Waals surface area (Å²) in [7, 11) is 2.02. The summed E-state index contributed by atoms with van der Waals surface area (Å²) < 4.78 is 0. The minimum Gasteiger partial charge on any atom is -0.478 e. The van der Waals surface area contributed by atoms with Crippen molar-refractivity contribution in [2.45, 2.75) is 0 Å². The van der Waals surface area contributed by atoms with Crippen molar-refractivity contribution in [2.24, 2.45) is 0 Å². The van der Waals surface area contributed by atoms with E-state index in [0.29, 0.717) is 18.8 Å². The summed E-state index contributed by atoms with van der Waals surface area (Å²) in [6.07, 6.45) is 1.24. The molecule has 3 rings (SSSR count). The molecule has 0 unspecified atom stereocenters. The molecule has 1 aliphatic rings. The first-order chi connectivity index (χ1) is 12.9. The number of carboxylic acid groups (broad SMARTS) is 1. The molecule has 11 heteroatoms. The lowest BCUT2D eigenvalue weighted by atomic mass is 10.2. The van der Waals surface area contributed by atoms with Crippen LogP contribution in [0.1, 0.15) is 10.4 Å². The Labute approximate surface area is 154 Å². The van der Waals surface area contributed by atoms with Gasteiger partial charge in [-0.15, -0.1) is 0 Å². The van der Waals surface area contributed by atoms with Crippen molar-refractivity contribution in [1.29, 1.82) is 0 Å². The van der Waals surface area contributed by atoms with E-state index in [4.69, 9.17) is 5.11 Å². The molecule has 1 fully saturated rings. The number of hydrogen-bond acceptors (Lipinski definition) is 9. The van der Waals surface area contributed by atoms with Gasteiger partial charge in [0.1, 0.15) is 6.33 Å². The molecule has 1 saturated heterocycles. The highest BCUT2D eigenvalue weighted by molar-refractivity contribution is 5.88. The molecular weight excluding hydrogens is 354 g/mol. The Bertz CT molecular complexity index is 835. The molecule has 27 heavy (non-hydrogen) atoms. The summed E-state index contributed by atoms with van der Waals surface area (Å²) in [6, 6.07) is 5.84. The minimum atomic E-state index is -1.05. The van der Waals surface area contributed by atoms with Gasteiger partial charge in [0, 0.05) is 31.9 Å². The minimum absolute atomic E-state index is 0.0229. The number of benzene rings is 1. The van der Waals surface area contributed by atoms with Gasteiger partial charge in [-0.3, -0.25) is 15.5 Å². The molecule has 1 aliphatic heterocycles. The first-order valence-corrected chi connectivity index (χ1v) is 8.24. The summed E-state index contributed by atoms with van der Waals surface area (Å²) in [5, 5.41) is 25.3. The van der Waals surface area contributed by atoms with Gasteiger partial charge in [0.05, 0.1) is 10.5 Å². The Balaban J connectivity index is 1.82. The van der Waals surface area contributed by atoms with E-state index >= 15 is 0 Å². The molecule has 1 aromatic carbocycles. The van der Waals surface area contributed by atoms with E-state index in [1.807, 2.05) is 12.1 Å². The number of rotatable bonds is 6. The standard InChI is InChI=1S/C16H19N7O4/c1-21-6-8-22(9-7-21)20-15-13(23(26)27)14(17-10-18-15)19-12-4-2-11(3-5-12)16(24)25/h2-5,10H,6-9H2,1H3,(H,24,25)(H2,17,18,19,20). The number of aromatic carboxylic acids is 1. The van der Waals surface area contributed by atoms with Crippen LogP contribution in [-0.2, 0) is 0 Å². The number of carbonyl (C=O) groups is 1. The number of nitrogens with zero attached hydrogens (tertiary/aromatic N) is 5. The normalized spacial score (nSPS) is 15.3. The van der Waals surface area contributed by atoms with Gasteiger partial charge in [0.15, 0.2) is 0 Å². The predicted octanol–water partition coefficient (Wildman–Crippen LogP) is 1.40. The van der Waals surface area contributed by atoms with E-state index < -0.39 is 10.9 Å². The first kappa shape index (κ1) is 18.5. The number of piperazine rings is 1. The Morgan fingerprint density at radius 1 is 1.15 bits per heavy atom. The Kier molecular flexibility index (Phi) is 5.43. The molecule has 0 spiro atoms. The van der Waals surface area contributed by atoms with E-state index in [1.54, 1.807) is 0 Å². The van der Waals surface area contributed by atoms with Crippen molar-refractivity contribution in [3.05, 3.63) is 46.3 Å². The number of nitrogens with one attached hydrogen (secondary N) is 2. The fourth-order valence-electron chi connectivity index (χ4n) is 2.63. The fraction of sp³-hybridized carbons (Fsp3) is 0.312. The molecule has 0 saturated carbocycles. The van der Waals surface area contributed by atoms with Crippen molar-refractivity contribution in [1.82, 2.24) is 19.9 Å². The van der Waals surface area contributed by atoms with Gasteiger partial charge in [0.2, 0.25) is 11.6 Å². The molecule has 0 bridgehead atoms. The van der Waals surface area contributed by atoms with Crippen molar-refractivity contribution >= 4 is 29.0 Å². The van der Waals surface area contributed by atoms with Crippen molar-refractivity contribution in [3.8, 4) is 0 Å². The molecule has 1 aromatic heterocycles. The van der Waals surface area contributed by atoms with Crippen LogP contribution in [0.3, 0.4) is 0 Å². The maximum atomic E-state index is 11.6. The number of likely N-dealkylation sites (N-methyl/N-ethyl adjacent to an activating group) is 1. The lowest BCUT2D eigenvalue weighted by molar-refractivity contribution is -0.383. The van der Waals surface area contributed by atoms with Crippen LogP contribution in [-0.4, -0.2) is 69.1 Å². The largest absolute Gasteiger partial charge is 0.478 e. The van der Waals surface area contributed by atoms with E-state index in [-0.39, 0.29) is 22.9 Å². The molecule has 0 radical (unpaired) electrons. The van der Waals surface area contributed by atoms with E-state index in [2.05, 4.69) is 25.6 Å². The van der Waals surface area contributed by atoms with Crippen LogP contribution in [0.4, 0.5) is 23.0 Å². The molecule has 142 valence electrons. The zero-order valence-electron chi connectivity index (χ0n) is 14.6. The third kappa shape index (κ3) is 4.46. The number of anilines is 3. The second kappa shape index (κ2) is 7.93. The van der Waals surface area contributed by atoms with Crippen LogP contribution in [0.15, 0.2) is 30.6 Å². The lowest BCUT2D eigenvalue weighted by Gasteiger charge is -2.32. The average Bonchev–Trinajstić information content (AvgIpc) is 2.64. The molecule has 2 aromatic rings. The van der Waals surface area contributed by atoms with Crippen LogP contribution in [0, 0.1) is 10.1 Å². The summed E-state index contributed by atoms with van der Waals surface area (Å²) in [6.45, 7) is 3.09. The number of hydrogen-bond donors (Lipinski definition) is 3. The van der Waals surface area contributed by atoms with E-state index in [0.717, 1.165) is 13.1 Å². The third-order valence-corrected chi connectivity index (χ3v) is 4.17. The van der Waals surface area contributed by atoms with Crippen molar-refractivity contribution < 1.29 is 14.8 Å². The number of carboxylic acids is 1. The van der Waals surface area contributed by atoms with Crippen LogP contribution in [0.25, 0.3) is 0 Å². The summed E-state index contributed by atoms with van der Waals surface area (Å²) >= 11 is 0. The molecule has 3 N–H and O–H groups in total. The van der Waals surface area contributed by atoms with Crippen LogP contribution in [0.2, 0.25) is 0 Å². The topological polar surface area (TPSA) is 137 Å². The molecule has 0 amide bonds. The van der Waals surface area contributed by atoms with Gasteiger partial charge < -0.3 is 15.3 Å². The number of nitro groups is 1. The molecule has 0 atom stereocenters. The SMILES string of the molecule is CN1CCN(Nc2ncnc(Nc3ccc(C(=O)O)cc3)c2[N+](=O)[O-])CC1. The molecule has 11 nitrogen and oxygen atoms in total. The van der Waals surface area contributed by atoms with E-state index in [1.165, 1.54) is 30.6 Å². The maximum Gasteiger partial charge on any atom is 0.354 e. The average molecular weight is 373 g/mol. The second-order valence-corrected chi connectivity index (χ2v) is 6.09. The zero-order valence-corrected chi connectivity index (χ0v) is 14.6. The Hall–Kier alpha value is -3.31. The Morgan fingerprint density at radius 3 is 2.37 bits per heavy atom. The maximum absolute atomic E-state index is 11.6. The number of aromatic nitrogens is 2. The highest BCUT2D eigenvalue weighted by Crippen LogP contribution is 2.31. The van der Waals surface area contributed by atoms with Gasteiger partial charge in [0.25, 0.3) is 0 Å². The third-order valence-electron chi connectivity index (χ3n) is 4.17. The van der Waals surface area contributed by atoms with Gasteiger partial charge in [-0.1, -0.05) is 0 Å². The fourth-order valence-corrected chi connectivity index (χ4v) is 2.63. The quantitative estimate of drug-likeness (QED) is 0.503. The van der Waals surface area contributed by atoms with Gasteiger partial charge >= 0.3 is 11.7 Å². The van der Waals surface area contributed by atoms with Gasteiger partial charge in [-0.2, -0.15) is 0 Å². The Morgan fingerprint density at radius 2 is 1.78 bits per heavy atom. The summed E-state index contributed by atoms with van der Waals surface area (Å²) in [5.41, 5.74) is 3.32. The highest BCUT2D eigenvalue weighted by Gasteiger charge is 2.25. The smallest absolute Gasteiger partial charge is 0.354 e. The lowest BCUT2D eigenvalue weighted by Crippen LogP contribution is -2.47. The van der Waals surface area contributed by atoms with Crippen LogP contribution >= 0.6 is 0 Å². The van der Waals surface area contributed by atoms with E-state index in [9.17, 15) is 14.9 Å². The van der Waals surface area contributed by atoms with Gasteiger partial charge in [-0.25, -0.2) is 19.8 Å². The predicted molar refractivity (Wildman–Crippen MR) is 98.1 cm³/mol. The molecule has 0 aliphatic carbocycles. The molecular formula is C16H19N7O4. The van der Waals surface area contributed by atoms with Crippen LogP contribution in [0.5, 0.6) is 0 Å². The second-order valence-electron chi connectivity index (χ2n) is 6.09. The summed E-state index contributed by atoms with van der Waals surface area (Å²) in [4.78, 5) is 32.1. The van der Waals surface area contributed by atoms with Crippen LogP contribution < -0.4 is 10.7 Å². The summed E-state index contributed by atoms with van der Waals surface area (Å²) in [5.74, 6) is -0.924.